The summed E-state index contributed by atoms with van der Waals surface area (Å²) < 4.78 is 13.0. The summed E-state index contributed by atoms with van der Waals surface area (Å²) >= 11 is 5.97. The van der Waals surface area contributed by atoms with E-state index in [2.05, 4.69) is 10.6 Å². The highest BCUT2D eigenvalue weighted by atomic mass is 35.5. The molecule has 0 saturated carbocycles. The van der Waals surface area contributed by atoms with Gasteiger partial charge in [0.15, 0.2) is 0 Å². The van der Waals surface area contributed by atoms with E-state index in [1.54, 1.807) is 24.3 Å². The third-order valence-electron chi connectivity index (χ3n) is 2.86. The van der Waals surface area contributed by atoms with Gasteiger partial charge in [-0.1, -0.05) is 35.9 Å². The summed E-state index contributed by atoms with van der Waals surface area (Å²) in [6, 6.07) is 12.6. The molecule has 2 rings (SSSR count). The van der Waals surface area contributed by atoms with Gasteiger partial charge in [-0.2, -0.15) is 0 Å². The topological polar surface area (TPSA) is 58.2 Å². The van der Waals surface area contributed by atoms with Gasteiger partial charge < -0.3 is 10.6 Å². The van der Waals surface area contributed by atoms with Crippen molar-refractivity contribution in [2.45, 2.75) is 13.0 Å². The van der Waals surface area contributed by atoms with E-state index in [0.29, 0.717) is 10.7 Å². The number of rotatable bonds is 5. The van der Waals surface area contributed by atoms with Gasteiger partial charge in [0.25, 0.3) is 0 Å². The summed E-state index contributed by atoms with van der Waals surface area (Å²) in [6.45, 7) is 0.242. The number of benzene rings is 2. The molecule has 0 atom stereocenters. The second-order valence-corrected chi connectivity index (χ2v) is 5.01. The van der Waals surface area contributed by atoms with E-state index >= 15 is 0 Å². The molecule has 0 bridgehead atoms. The summed E-state index contributed by atoms with van der Waals surface area (Å²) in [5.74, 6) is -1.41. The summed E-state index contributed by atoms with van der Waals surface area (Å²) in [4.78, 5) is 23.4. The molecule has 0 aromatic heterocycles. The smallest absolute Gasteiger partial charge is 0.233 e. The normalized spacial score (nSPS) is 10.1. The fourth-order valence-electron chi connectivity index (χ4n) is 1.82. The number of amides is 2. The largest absolute Gasteiger partial charge is 0.352 e. The second kappa shape index (κ2) is 7.56. The van der Waals surface area contributed by atoms with Gasteiger partial charge in [0.2, 0.25) is 11.8 Å². The first-order chi connectivity index (χ1) is 10.5. The molecule has 2 aromatic carbocycles. The molecule has 0 aliphatic heterocycles. The van der Waals surface area contributed by atoms with Crippen molar-refractivity contribution >= 4 is 29.1 Å². The standard InChI is InChI=1S/C16H14ClFN2O2/c17-14-7-2-1-4-11(14)10-19-15(21)9-16(22)20-13-6-3-5-12(18)8-13/h1-8H,9-10H2,(H,19,21)(H,20,22). The van der Waals surface area contributed by atoms with E-state index in [4.69, 9.17) is 11.6 Å². The molecule has 2 amide bonds. The summed E-state index contributed by atoms with van der Waals surface area (Å²) in [5, 5.41) is 5.62. The molecule has 0 aliphatic rings. The zero-order valence-corrected chi connectivity index (χ0v) is 12.4. The number of hydrogen-bond donors (Lipinski definition) is 2. The van der Waals surface area contributed by atoms with Crippen LogP contribution >= 0.6 is 11.6 Å². The van der Waals surface area contributed by atoms with Crippen molar-refractivity contribution in [1.29, 1.82) is 0 Å². The lowest BCUT2D eigenvalue weighted by Gasteiger charge is -2.08. The third kappa shape index (κ3) is 4.86. The van der Waals surface area contributed by atoms with Crippen molar-refractivity contribution in [1.82, 2.24) is 5.32 Å². The highest BCUT2D eigenvalue weighted by Gasteiger charge is 2.10. The zero-order chi connectivity index (χ0) is 15.9. The van der Waals surface area contributed by atoms with E-state index in [-0.39, 0.29) is 13.0 Å². The molecule has 0 fully saturated rings. The Hall–Kier alpha value is -2.40. The van der Waals surface area contributed by atoms with Gasteiger partial charge >= 0.3 is 0 Å². The Morgan fingerprint density at radius 2 is 1.82 bits per heavy atom. The van der Waals surface area contributed by atoms with Crippen LogP contribution in [0.3, 0.4) is 0 Å². The van der Waals surface area contributed by atoms with Gasteiger partial charge in [0.1, 0.15) is 12.2 Å². The first-order valence-electron chi connectivity index (χ1n) is 6.60. The van der Waals surface area contributed by atoms with E-state index in [0.717, 1.165) is 5.56 Å². The number of anilines is 1. The fraction of sp³-hybridized carbons (Fsp3) is 0.125. The average Bonchev–Trinajstić information content (AvgIpc) is 2.46. The molecule has 0 spiro atoms. The highest BCUT2D eigenvalue weighted by Crippen LogP contribution is 2.14. The zero-order valence-electron chi connectivity index (χ0n) is 11.6. The number of carbonyl (C=O) groups is 2. The predicted octanol–water partition coefficient (Wildman–Crippen LogP) is 3.12. The number of halogens is 2. The molecule has 4 nitrogen and oxygen atoms in total. The summed E-state index contributed by atoms with van der Waals surface area (Å²) in [5.41, 5.74) is 1.08. The van der Waals surface area contributed by atoms with Crippen molar-refractivity contribution < 1.29 is 14.0 Å². The van der Waals surface area contributed by atoms with Gasteiger partial charge in [0, 0.05) is 17.3 Å². The van der Waals surface area contributed by atoms with Crippen LogP contribution in [0.1, 0.15) is 12.0 Å². The summed E-state index contributed by atoms with van der Waals surface area (Å²) in [7, 11) is 0. The molecule has 0 aliphatic carbocycles. The first-order valence-corrected chi connectivity index (χ1v) is 6.98. The lowest BCUT2D eigenvalue weighted by Crippen LogP contribution is -2.27. The monoisotopic (exact) mass is 320 g/mol. The molecular formula is C16H14ClFN2O2. The molecule has 22 heavy (non-hydrogen) atoms. The van der Waals surface area contributed by atoms with Crippen molar-refractivity contribution in [3.63, 3.8) is 0 Å². The van der Waals surface area contributed by atoms with Crippen molar-refractivity contribution in [2.24, 2.45) is 0 Å². The van der Waals surface area contributed by atoms with Gasteiger partial charge in [0.05, 0.1) is 0 Å². The quantitative estimate of drug-likeness (QED) is 0.832. The maximum atomic E-state index is 13.0. The Balaban J connectivity index is 1.82. The summed E-state index contributed by atoms with van der Waals surface area (Å²) in [6.07, 6.45) is -0.346. The predicted molar refractivity (Wildman–Crippen MR) is 82.9 cm³/mol. The Kier molecular flexibility index (Phi) is 5.49. The highest BCUT2D eigenvalue weighted by molar-refractivity contribution is 6.31. The maximum absolute atomic E-state index is 13.0. The molecule has 2 N–H and O–H groups in total. The average molecular weight is 321 g/mol. The van der Waals surface area contributed by atoms with Crippen molar-refractivity contribution in [2.75, 3.05) is 5.32 Å². The van der Waals surface area contributed by atoms with Crippen LogP contribution in [0, 0.1) is 5.82 Å². The Morgan fingerprint density at radius 3 is 2.55 bits per heavy atom. The molecule has 0 heterocycles. The SMILES string of the molecule is O=C(CC(=O)Nc1cccc(F)c1)NCc1ccccc1Cl. The van der Waals surface area contributed by atoms with Crippen LogP contribution in [0.2, 0.25) is 5.02 Å². The molecule has 0 unspecified atom stereocenters. The maximum Gasteiger partial charge on any atom is 0.233 e. The van der Waals surface area contributed by atoms with E-state index in [1.807, 2.05) is 6.07 Å². The lowest BCUT2D eigenvalue weighted by atomic mass is 10.2. The van der Waals surface area contributed by atoms with Crippen LogP contribution in [0.4, 0.5) is 10.1 Å². The minimum Gasteiger partial charge on any atom is -0.352 e. The van der Waals surface area contributed by atoms with E-state index < -0.39 is 17.6 Å². The Labute approximate surface area is 132 Å². The number of carbonyl (C=O) groups excluding carboxylic acids is 2. The van der Waals surface area contributed by atoms with Crippen LogP contribution in [0.15, 0.2) is 48.5 Å². The van der Waals surface area contributed by atoms with Gasteiger partial charge in [-0.05, 0) is 29.8 Å². The van der Waals surface area contributed by atoms with E-state index in [1.165, 1.54) is 18.2 Å². The molecular weight excluding hydrogens is 307 g/mol. The van der Waals surface area contributed by atoms with Gasteiger partial charge in [-0.15, -0.1) is 0 Å². The van der Waals surface area contributed by atoms with Crippen molar-refractivity contribution in [3.8, 4) is 0 Å². The minimum absolute atomic E-state index is 0.242. The van der Waals surface area contributed by atoms with E-state index in [9.17, 15) is 14.0 Å². The van der Waals surface area contributed by atoms with Crippen molar-refractivity contribution in [3.05, 3.63) is 64.9 Å². The number of nitrogens with one attached hydrogen (secondary N) is 2. The van der Waals surface area contributed by atoms with Crippen LogP contribution in [0.25, 0.3) is 0 Å². The molecule has 2 aromatic rings. The molecule has 0 radical (unpaired) electrons. The van der Waals surface area contributed by atoms with Crippen LogP contribution in [-0.2, 0) is 16.1 Å². The molecule has 0 saturated heterocycles. The molecule has 114 valence electrons. The van der Waals surface area contributed by atoms with Crippen LogP contribution in [0.5, 0.6) is 0 Å². The Bertz CT molecular complexity index is 691. The number of hydrogen-bond acceptors (Lipinski definition) is 2. The van der Waals surface area contributed by atoms with Crippen LogP contribution < -0.4 is 10.6 Å². The second-order valence-electron chi connectivity index (χ2n) is 4.60. The Morgan fingerprint density at radius 1 is 1.05 bits per heavy atom. The minimum atomic E-state index is -0.512. The first kappa shape index (κ1) is 16.0. The van der Waals surface area contributed by atoms with Gasteiger partial charge in [-0.25, -0.2) is 4.39 Å². The third-order valence-corrected chi connectivity index (χ3v) is 3.23. The lowest BCUT2D eigenvalue weighted by molar-refractivity contribution is -0.126. The molecule has 6 heteroatoms. The fourth-order valence-corrected chi connectivity index (χ4v) is 2.02. The van der Waals surface area contributed by atoms with Gasteiger partial charge in [-0.3, -0.25) is 9.59 Å². The van der Waals surface area contributed by atoms with Crippen LogP contribution in [-0.4, -0.2) is 11.8 Å².